The summed E-state index contributed by atoms with van der Waals surface area (Å²) in [6.07, 6.45) is 1.94. The van der Waals surface area contributed by atoms with E-state index in [1.807, 2.05) is 26.0 Å². The number of carboxylic acid groups (broad SMARTS) is 1. The quantitative estimate of drug-likeness (QED) is 0.285. The highest BCUT2D eigenvalue weighted by molar-refractivity contribution is 7.18. The van der Waals surface area contributed by atoms with E-state index in [1.165, 1.54) is 17.4 Å². The first kappa shape index (κ1) is 28.9. The monoisotopic (exact) mass is 556 g/mol. The van der Waals surface area contributed by atoms with E-state index >= 15 is 0 Å². The molecule has 0 saturated carbocycles. The SMILES string of the molecule is CCCCN(c1nnc(-c2cc(C)c(OCCN3CCC(C(=O)O)CC3)c(C)c2)s1)C(O)c1ccccc1F. The second-order valence-electron chi connectivity index (χ2n) is 10.1. The molecule has 0 bridgehead atoms. The van der Waals surface area contributed by atoms with Crippen LogP contribution in [-0.2, 0) is 4.79 Å². The number of aromatic nitrogens is 2. The van der Waals surface area contributed by atoms with Gasteiger partial charge in [0.05, 0.1) is 5.92 Å². The molecule has 2 aromatic carbocycles. The van der Waals surface area contributed by atoms with E-state index in [4.69, 9.17) is 4.74 Å². The Balaban J connectivity index is 1.44. The Kier molecular flexibility index (Phi) is 9.88. The number of ether oxygens (including phenoxy) is 1. The van der Waals surface area contributed by atoms with Crippen molar-refractivity contribution in [3.63, 3.8) is 0 Å². The van der Waals surface area contributed by atoms with Crippen molar-refractivity contribution in [3.8, 4) is 16.3 Å². The lowest BCUT2D eigenvalue weighted by atomic mass is 9.97. The molecule has 1 saturated heterocycles. The van der Waals surface area contributed by atoms with Crippen LogP contribution in [0.5, 0.6) is 5.75 Å². The first-order chi connectivity index (χ1) is 18.8. The van der Waals surface area contributed by atoms with E-state index in [-0.39, 0.29) is 11.5 Å². The lowest BCUT2D eigenvalue weighted by Crippen LogP contribution is -2.38. The van der Waals surface area contributed by atoms with Crippen LogP contribution in [0.4, 0.5) is 9.52 Å². The summed E-state index contributed by atoms with van der Waals surface area (Å²) in [4.78, 5) is 15.1. The predicted molar refractivity (Wildman–Crippen MR) is 151 cm³/mol. The van der Waals surface area contributed by atoms with Crippen molar-refractivity contribution >= 4 is 22.4 Å². The van der Waals surface area contributed by atoms with Gasteiger partial charge in [0.15, 0.2) is 6.23 Å². The van der Waals surface area contributed by atoms with Crippen LogP contribution in [0.3, 0.4) is 0 Å². The molecule has 210 valence electrons. The Hall–Kier alpha value is -3.08. The van der Waals surface area contributed by atoms with Crippen molar-refractivity contribution in [2.24, 2.45) is 5.92 Å². The van der Waals surface area contributed by atoms with Gasteiger partial charge in [-0.15, -0.1) is 10.2 Å². The number of aliphatic hydroxyl groups is 1. The van der Waals surface area contributed by atoms with Crippen molar-refractivity contribution in [1.82, 2.24) is 15.1 Å². The zero-order valence-electron chi connectivity index (χ0n) is 22.8. The van der Waals surface area contributed by atoms with Gasteiger partial charge in [0.2, 0.25) is 5.13 Å². The number of hydrogen-bond acceptors (Lipinski definition) is 8. The number of benzene rings is 2. The second-order valence-corrected chi connectivity index (χ2v) is 11.0. The Morgan fingerprint density at radius 2 is 1.90 bits per heavy atom. The Morgan fingerprint density at radius 3 is 2.54 bits per heavy atom. The molecule has 1 aliphatic heterocycles. The minimum atomic E-state index is -1.16. The van der Waals surface area contributed by atoms with Crippen LogP contribution in [0.25, 0.3) is 10.6 Å². The number of anilines is 1. The topological polar surface area (TPSA) is 99.0 Å². The lowest BCUT2D eigenvalue weighted by Gasteiger charge is -2.30. The van der Waals surface area contributed by atoms with Gasteiger partial charge in [-0.3, -0.25) is 9.69 Å². The van der Waals surface area contributed by atoms with Crippen LogP contribution in [-0.4, -0.2) is 64.1 Å². The van der Waals surface area contributed by atoms with E-state index < -0.39 is 18.0 Å². The van der Waals surface area contributed by atoms with E-state index in [2.05, 4.69) is 22.0 Å². The van der Waals surface area contributed by atoms with Gasteiger partial charge >= 0.3 is 5.97 Å². The molecular weight excluding hydrogens is 519 g/mol. The Morgan fingerprint density at radius 1 is 1.21 bits per heavy atom. The largest absolute Gasteiger partial charge is 0.492 e. The number of carbonyl (C=O) groups is 1. The molecule has 1 unspecified atom stereocenters. The lowest BCUT2D eigenvalue weighted by molar-refractivity contribution is -0.143. The molecule has 4 rings (SSSR count). The van der Waals surface area contributed by atoms with Gasteiger partial charge in [0, 0.05) is 24.2 Å². The van der Waals surface area contributed by atoms with Crippen molar-refractivity contribution in [2.75, 3.05) is 37.7 Å². The van der Waals surface area contributed by atoms with Crippen LogP contribution in [0.15, 0.2) is 36.4 Å². The number of unbranched alkanes of at least 4 members (excludes halogenated alkanes) is 1. The minimum absolute atomic E-state index is 0.213. The zero-order chi connectivity index (χ0) is 27.9. The van der Waals surface area contributed by atoms with Crippen LogP contribution in [0, 0.1) is 25.6 Å². The summed E-state index contributed by atoms with van der Waals surface area (Å²) >= 11 is 1.37. The average Bonchev–Trinajstić information content (AvgIpc) is 3.41. The van der Waals surface area contributed by atoms with Gasteiger partial charge in [0.25, 0.3) is 0 Å². The van der Waals surface area contributed by atoms with E-state index in [0.717, 1.165) is 54.9 Å². The van der Waals surface area contributed by atoms with Gasteiger partial charge in [-0.25, -0.2) is 4.39 Å². The molecule has 1 aliphatic rings. The summed E-state index contributed by atoms with van der Waals surface area (Å²) < 4.78 is 20.6. The predicted octanol–water partition coefficient (Wildman–Crippen LogP) is 5.43. The number of carboxylic acids is 1. The van der Waals surface area contributed by atoms with Gasteiger partial charge in [-0.05, 0) is 75.5 Å². The van der Waals surface area contributed by atoms with E-state index in [9.17, 15) is 19.4 Å². The molecule has 39 heavy (non-hydrogen) atoms. The Bertz CT molecular complexity index is 1240. The molecule has 0 aliphatic carbocycles. The number of aryl methyl sites for hydroxylation is 2. The molecule has 8 nitrogen and oxygen atoms in total. The van der Waals surface area contributed by atoms with Crippen LogP contribution < -0.4 is 9.64 Å². The maximum absolute atomic E-state index is 14.4. The van der Waals surface area contributed by atoms with Crippen LogP contribution in [0.2, 0.25) is 0 Å². The first-order valence-corrected chi connectivity index (χ1v) is 14.3. The minimum Gasteiger partial charge on any atom is -0.492 e. The molecule has 1 atom stereocenters. The van der Waals surface area contributed by atoms with Crippen molar-refractivity contribution in [2.45, 2.75) is 52.7 Å². The number of rotatable bonds is 12. The molecule has 0 spiro atoms. The average molecular weight is 557 g/mol. The third-order valence-corrected chi connectivity index (χ3v) is 8.20. The molecule has 0 amide bonds. The highest BCUT2D eigenvalue weighted by atomic mass is 32.1. The van der Waals surface area contributed by atoms with E-state index in [1.54, 1.807) is 23.1 Å². The van der Waals surface area contributed by atoms with Gasteiger partial charge in [-0.2, -0.15) is 0 Å². The fourth-order valence-electron chi connectivity index (χ4n) is 4.93. The standard InChI is InChI=1S/C29H37FN4O4S/c1-4-5-12-34(27(35)23-8-6-7-9-24(23)30)29-32-31-26(39-29)22-17-19(2)25(20(3)18-22)38-16-15-33-13-10-21(11-14-33)28(36)37/h6-9,17-18,21,27,35H,4-5,10-16H2,1-3H3,(H,36,37). The van der Waals surface area contributed by atoms with Crippen molar-refractivity contribution < 1.29 is 24.1 Å². The number of halogens is 1. The third kappa shape index (κ3) is 7.12. The Labute approximate surface area is 233 Å². The van der Waals surface area contributed by atoms with Crippen LogP contribution >= 0.6 is 11.3 Å². The summed E-state index contributed by atoms with van der Waals surface area (Å²) in [7, 11) is 0. The van der Waals surface area contributed by atoms with Crippen molar-refractivity contribution in [1.29, 1.82) is 0 Å². The van der Waals surface area contributed by atoms with Gasteiger partial charge < -0.3 is 19.8 Å². The second kappa shape index (κ2) is 13.3. The normalized spacial score (nSPS) is 15.3. The molecule has 3 aromatic rings. The smallest absolute Gasteiger partial charge is 0.306 e. The number of aliphatic hydroxyl groups excluding tert-OH is 1. The number of piperidine rings is 1. The highest BCUT2D eigenvalue weighted by Crippen LogP contribution is 2.36. The summed E-state index contributed by atoms with van der Waals surface area (Å²) in [6, 6.07) is 10.3. The fraction of sp³-hybridized carbons (Fsp3) is 0.483. The summed E-state index contributed by atoms with van der Waals surface area (Å²) in [6.45, 7) is 9.43. The molecule has 10 heteroatoms. The van der Waals surface area contributed by atoms with Gasteiger partial charge in [0.1, 0.15) is 23.2 Å². The zero-order valence-corrected chi connectivity index (χ0v) is 23.6. The molecule has 1 fully saturated rings. The summed E-state index contributed by atoms with van der Waals surface area (Å²) in [5, 5.41) is 30.2. The summed E-state index contributed by atoms with van der Waals surface area (Å²) in [5.41, 5.74) is 3.10. The third-order valence-electron chi connectivity index (χ3n) is 7.19. The molecule has 2 N–H and O–H groups in total. The van der Waals surface area contributed by atoms with E-state index in [0.29, 0.717) is 36.1 Å². The highest BCUT2D eigenvalue weighted by Gasteiger charge is 2.25. The molecule has 2 heterocycles. The van der Waals surface area contributed by atoms with Crippen LogP contribution in [0.1, 0.15) is 55.5 Å². The molecule has 1 aromatic heterocycles. The number of hydrogen-bond donors (Lipinski definition) is 2. The number of aliphatic carboxylic acids is 1. The molecule has 0 radical (unpaired) electrons. The molecular formula is C29H37FN4O4S. The number of nitrogens with zero attached hydrogens (tertiary/aromatic N) is 4. The fourth-order valence-corrected chi connectivity index (χ4v) is 5.81. The van der Waals surface area contributed by atoms with Crippen molar-refractivity contribution in [3.05, 3.63) is 58.9 Å². The first-order valence-electron chi connectivity index (χ1n) is 13.5. The maximum Gasteiger partial charge on any atom is 0.306 e. The maximum atomic E-state index is 14.4. The summed E-state index contributed by atoms with van der Waals surface area (Å²) in [5.74, 6) is -0.553. The number of likely N-dealkylation sites (tertiary alicyclic amines) is 1. The van der Waals surface area contributed by atoms with Gasteiger partial charge in [-0.1, -0.05) is 42.9 Å².